The van der Waals surface area contributed by atoms with Crippen molar-refractivity contribution >= 4 is 17.5 Å². The smallest absolute Gasteiger partial charge is 0.255 e. The lowest BCUT2D eigenvalue weighted by Crippen LogP contribution is -2.44. The van der Waals surface area contributed by atoms with Gasteiger partial charge in [-0.25, -0.2) is 0 Å². The summed E-state index contributed by atoms with van der Waals surface area (Å²) in [6.07, 6.45) is 1.83. The summed E-state index contributed by atoms with van der Waals surface area (Å²) in [6, 6.07) is 5.55. The summed E-state index contributed by atoms with van der Waals surface area (Å²) in [6.45, 7) is 4.83. The Hall–Kier alpha value is -1.97. The van der Waals surface area contributed by atoms with Crippen molar-refractivity contribution < 1.29 is 14.4 Å². The van der Waals surface area contributed by atoms with Crippen LogP contribution >= 0.6 is 0 Å². The van der Waals surface area contributed by atoms with Crippen LogP contribution in [0.15, 0.2) is 18.2 Å². The maximum atomic E-state index is 12.5. The van der Waals surface area contributed by atoms with Crippen LogP contribution in [0.25, 0.3) is 0 Å². The van der Waals surface area contributed by atoms with Gasteiger partial charge in [0.15, 0.2) is 5.78 Å². The van der Waals surface area contributed by atoms with Crippen molar-refractivity contribution in [2.45, 2.75) is 52.1 Å². The lowest BCUT2D eigenvalue weighted by atomic mass is 9.92. The number of nitrogens with zero attached hydrogens (tertiary/aromatic N) is 1. The van der Waals surface area contributed by atoms with Gasteiger partial charge in [-0.3, -0.25) is 14.4 Å². The molecule has 1 aromatic carbocycles. The monoisotopic (exact) mass is 299 g/mol. The molecule has 1 atom stereocenters. The molecule has 116 valence electrons. The second-order valence-electron chi connectivity index (χ2n) is 6.76. The molecule has 0 N–H and O–H groups in total. The van der Waals surface area contributed by atoms with Gasteiger partial charge in [-0.1, -0.05) is 26.0 Å². The summed E-state index contributed by atoms with van der Waals surface area (Å²) in [5.74, 6) is 0.375. The molecule has 0 spiro atoms. The van der Waals surface area contributed by atoms with Crippen LogP contribution in [0.1, 0.15) is 54.6 Å². The summed E-state index contributed by atoms with van der Waals surface area (Å²) in [5.41, 5.74) is 2.94. The number of carbonyl (C=O) groups is 3. The van der Waals surface area contributed by atoms with Gasteiger partial charge in [0.05, 0.1) is 12.5 Å². The summed E-state index contributed by atoms with van der Waals surface area (Å²) in [5, 5.41) is 0. The lowest BCUT2D eigenvalue weighted by molar-refractivity contribution is -0.133. The Morgan fingerprint density at radius 2 is 2.00 bits per heavy atom. The highest BCUT2D eigenvalue weighted by molar-refractivity contribution is 6.07. The molecule has 4 nitrogen and oxygen atoms in total. The summed E-state index contributed by atoms with van der Waals surface area (Å²) in [4.78, 5) is 37.6. The van der Waals surface area contributed by atoms with Crippen molar-refractivity contribution in [3.05, 3.63) is 34.9 Å². The first-order valence-corrected chi connectivity index (χ1v) is 7.93. The average Bonchev–Trinajstić information content (AvgIpc) is 2.75. The molecular formula is C18H21NO3. The molecule has 1 aliphatic heterocycles. The summed E-state index contributed by atoms with van der Waals surface area (Å²) >= 11 is 0. The molecule has 1 aromatic rings. The lowest BCUT2D eigenvalue weighted by Gasteiger charge is -2.29. The van der Waals surface area contributed by atoms with E-state index in [1.54, 1.807) is 4.90 Å². The second kappa shape index (κ2) is 5.67. The van der Waals surface area contributed by atoms with E-state index in [4.69, 9.17) is 0 Å². The quantitative estimate of drug-likeness (QED) is 0.806. The van der Waals surface area contributed by atoms with Crippen LogP contribution in [0.2, 0.25) is 0 Å². The normalized spacial score (nSPS) is 21.7. The molecule has 2 aliphatic rings. The zero-order chi connectivity index (χ0) is 15.9. The van der Waals surface area contributed by atoms with Crippen LogP contribution in [0.5, 0.6) is 0 Å². The predicted octanol–water partition coefficient (Wildman–Crippen LogP) is 2.53. The fourth-order valence-corrected chi connectivity index (χ4v) is 3.44. The van der Waals surface area contributed by atoms with E-state index in [0.717, 1.165) is 12.0 Å². The fraction of sp³-hybridized carbons (Fsp3) is 0.500. The van der Waals surface area contributed by atoms with Crippen molar-refractivity contribution in [1.82, 2.24) is 4.90 Å². The Morgan fingerprint density at radius 1 is 1.23 bits per heavy atom. The van der Waals surface area contributed by atoms with Crippen molar-refractivity contribution in [3.63, 3.8) is 0 Å². The van der Waals surface area contributed by atoms with E-state index in [9.17, 15) is 14.4 Å². The van der Waals surface area contributed by atoms with E-state index < -0.39 is 6.04 Å². The van der Waals surface area contributed by atoms with Gasteiger partial charge in [0.2, 0.25) is 0 Å². The van der Waals surface area contributed by atoms with Crippen molar-refractivity contribution in [3.8, 4) is 0 Å². The number of carbonyl (C=O) groups excluding carboxylic acids is 3. The van der Waals surface area contributed by atoms with Crippen LogP contribution in [-0.2, 0) is 22.6 Å². The number of rotatable bonds is 3. The van der Waals surface area contributed by atoms with Gasteiger partial charge in [0, 0.05) is 18.5 Å². The molecule has 3 rings (SSSR count). The number of Topliss-reactive ketones (excluding diaryl/α,β-unsaturated/α-hetero) is 2. The van der Waals surface area contributed by atoms with Crippen LogP contribution in [0, 0.1) is 5.92 Å². The molecule has 4 heteroatoms. The molecule has 0 radical (unpaired) electrons. The van der Waals surface area contributed by atoms with Gasteiger partial charge in [-0.15, -0.1) is 0 Å². The van der Waals surface area contributed by atoms with Gasteiger partial charge < -0.3 is 4.90 Å². The SMILES string of the molecule is CC(C)Cc1ccc2c(c1)CN(C1CCC(=O)CC1=O)C2=O. The standard InChI is InChI=1S/C18H21NO3/c1-11(2)7-12-3-5-15-13(8-12)10-19(18(15)22)16-6-4-14(20)9-17(16)21/h3,5,8,11,16H,4,6-7,9-10H2,1-2H3. The molecule has 1 amide bonds. The van der Waals surface area contributed by atoms with Crippen molar-refractivity contribution in [2.24, 2.45) is 5.92 Å². The molecule has 1 unspecified atom stereocenters. The highest BCUT2D eigenvalue weighted by atomic mass is 16.2. The number of ketones is 2. The van der Waals surface area contributed by atoms with Gasteiger partial charge in [0.1, 0.15) is 5.78 Å². The Morgan fingerprint density at radius 3 is 2.68 bits per heavy atom. The van der Waals surface area contributed by atoms with Gasteiger partial charge in [-0.05, 0) is 36.0 Å². The molecule has 22 heavy (non-hydrogen) atoms. The summed E-state index contributed by atoms with van der Waals surface area (Å²) < 4.78 is 0. The minimum atomic E-state index is -0.425. The molecule has 0 saturated heterocycles. The maximum Gasteiger partial charge on any atom is 0.255 e. The Balaban J connectivity index is 1.81. The van der Waals surface area contributed by atoms with Crippen LogP contribution in [0.3, 0.4) is 0 Å². The third-order valence-electron chi connectivity index (χ3n) is 4.46. The van der Waals surface area contributed by atoms with E-state index in [-0.39, 0.29) is 23.9 Å². The Bertz CT molecular complexity index is 648. The molecule has 0 bridgehead atoms. The van der Waals surface area contributed by atoms with Gasteiger partial charge in [0.25, 0.3) is 5.91 Å². The first kappa shape index (κ1) is 14.9. The molecule has 1 saturated carbocycles. The second-order valence-corrected chi connectivity index (χ2v) is 6.76. The topological polar surface area (TPSA) is 54.5 Å². The fourth-order valence-electron chi connectivity index (χ4n) is 3.44. The number of amides is 1. The van der Waals surface area contributed by atoms with E-state index in [2.05, 4.69) is 19.9 Å². The third kappa shape index (κ3) is 2.70. The predicted molar refractivity (Wildman–Crippen MR) is 82.5 cm³/mol. The number of fused-ring (bicyclic) bond motifs is 1. The van der Waals surface area contributed by atoms with E-state index in [1.165, 1.54) is 5.56 Å². The van der Waals surface area contributed by atoms with Gasteiger partial charge in [-0.2, -0.15) is 0 Å². The van der Waals surface area contributed by atoms with Crippen molar-refractivity contribution in [2.75, 3.05) is 0 Å². The first-order chi connectivity index (χ1) is 10.5. The van der Waals surface area contributed by atoms with Crippen LogP contribution < -0.4 is 0 Å². The van der Waals surface area contributed by atoms with E-state index >= 15 is 0 Å². The molecule has 0 aromatic heterocycles. The average molecular weight is 299 g/mol. The molecular weight excluding hydrogens is 278 g/mol. The van der Waals surface area contributed by atoms with Crippen molar-refractivity contribution in [1.29, 1.82) is 0 Å². The number of hydrogen-bond donors (Lipinski definition) is 0. The largest absolute Gasteiger partial charge is 0.324 e. The Kier molecular flexibility index (Phi) is 3.85. The first-order valence-electron chi connectivity index (χ1n) is 7.93. The van der Waals surface area contributed by atoms with Gasteiger partial charge >= 0.3 is 0 Å². The number of benzene rings is 1. The highest BCUT2D eigenvalue weighted by Crippen LogP contribution is 2.29. The zero-order valence-electron chi connectivity index (χ0n) is 13.1. The number of hydrogen-bond acceptors (Lipinski definition) is 3. The van der Waals surface area contributed by atoms with E-state index in [0.29, 0.717) is 30.9 Å². The Labute approximate surface area is 130 Å². The van der Waals surface area contributed by atoms with E-state index in [1.807, 2.05) is 12.1 Å². The third-order valence-corrected chi connectivity index (χ3v) is 4.46. The minimum absolute atomic E-state index is 0.00960. The van der Waals surface area contributed by atoms with Crippen LogP contribution in [-0.4, -0.2) is 28.4 Å². The molecule has 1 heterocycles. The zero-order valence-corrected chi connectivity index (χ0v) is 13.1. The summed E-state index contributed by atoms with van der Waals surface area (Å²) in [7, 11) is 0. The van der Waals surface area contributed by atoms with Crippen LogP contribution in [0.4, 0.5) is 0 Å². The molecule has 1 aliphatic carbocycles. The minimum Gasteiger partial charge on any atom is -0.324 e. The maximum absolute atomic E-state index is 12.5. The molecule has 1 fully saturated rings. The highest BCUT2D eigenvalue weighted by Gasteiger charge is 2.38.